The van der Waals surface area contributed by atoms with Crippen molar-refractivity contribution in [3.8, 4) is 5.75 Å². The van der Waals surface area contributed by atoms with Gasteiger partial charge in [-0.1, -0.05) is 11.6 Å². The molecule has 1 aliphatic heterocycles. The van der Waals surface area contributed by atoms with E-state index in [-0.39, 0.29) is 12.2 Å². The van der Waals surface area contributed by atoms with E-state index in [0.717, 1.165) is 24.3 Å². The van der Waals surface area contributed by atoms with Crippen LogP contribution in [0.15, 0.2) is 18.2 Å². The van der Waals surface area contributed by atoms with E-state index in [1.54, 1.807) is 7.11 Å². The predicted molar refractivity (Wildman–Crippen MR) is 74.7 cm³/mol. The fourth-order valence-electron chi connectivity index (χ4n) is 2.54. The van der Waals surface area contributed by atoms with Crippen LogP contribution >= 0.6 is 11.6 Å². The Morgan fingerprint density at radius 2 is 1.94 bits per heavy atom. The maximum atomic E-state index is 6.03. The Morgan fingerprint density at radius 3 is 2.56 bits per heavy atom. The van der Waals surface area contributed by atoms with Crippen molar-refractivity contribution in [3.63, 3.8) is 0 Å². The molecule has 1 fully saturated rings. The molecule has 2 atom stereocenters. The van der Waals surface area contributed by atoms with Crippen LogP contribution in [0.3, 0.4) is 0 Å². The lowest BCUT2D eigenvalue weighted by Gasteiger charge is -2.33. The maximum absolute atomic E-state index is 6.03. The van der Waals surface area contributed by atoms with Gasteiger partial charge in [-0.05, 0) is 44.9 Å². The van der Waals surface area contributed by atoms with E-state index >= 15 is 0 Å². The molecular weight excluding hydrogens is 250 g/mol. The van der Waals surface area contributed by atoms with Gasteiger partial charge in [0.2, 0.25) is 0 Å². The molecule has 0 amide bonds. The third kappa shape index (κ3) is 3.30. The topological polar surface area (TPSA) is 30.5 Å². The Hall–Kier alpha value is -0.930. The average molecular weight is 270 g/mol. The zero-order valence-electron chi connectivity index (χ0n) is 11.1. The highest BCUT2D eigenvalue weighted by Crippen LogP contribution is 2.31. The van der Waals surface area contributed by atoms with Crippen LogP contribution in [0.5, 0.6) is 5.75 Å². The lowest BCUT2D eigenvalue weighted by atomic mass is 9.99. The summed E-state index contributed by atoms with van der Waals surface area (Å²) in [7, 11) is 1.67. The molecule has 18 heavy (non-hydrogen) atoms. The monoisotopic (exact) mass is 269 g/mol. The van der Waals surface area contributed by atoms with Crippen LogP contribution in [0.1, 0.15) is 26.7 Å². The SMILES string of the molecule is COc1ccc(Cl)cc1NC1CC(C)OC(C)C1. The predicted octanol–water partition coefficient (Wildman–Crippen LogP) is 3.72. The third-order valence-electron chi connectivity index (χ3n) is 3.22. The largest absolute Gasteiger partial charge is 0.495 e. The summed E-state index contributed by atoms with van der Waals surface area (Å²) in [6.07, 6.45) is 2.58. The summed E-state index contributed by atoms with van der Waals surface area (Å²) in [5.74, 6) is 0.825. The van der Waals surface area contributed by atoms with Crippen LogP contribution in [0.25, 0.3) is 0 Å². The number of nitrogens with one attached hydrogen (secondary N) is 1. The van der Waals surface area contributed by atoms with Crippen LogP contribution in [0.2, 0.25) is 5.02 Å². The van der Waals surface area contributed by atoms with Gasteiger partial charge in [-0.2, -0.15) is 0 Å². The van der Waals surface area contributed by atoms with Crippen LogP contribution in [-0.4, -0.2) is 25.4 Å². The number of ether oxygens (including phenoxy) is 2. The quantitative estimate of drug-likeness (QED) is 0.907. The first kappa shape index (κ1) is 13.5. The average Bonchev–Trinajstić information content (AvgIpc) is 2.27. The summed E-state index contributed by atoms with van der Waals surface area (Å²) in [6, 6.07) is 6.03. The molecule has 100 valence electrons. The van der Waals surface area contributed by atoms with E-state index in [1.165, 1.54) is 0 Å². The number of methoxy groups -OCH3 is 1. The standard InChI is InChI=1S/C14H20ClNO2/c1-9-6-12(7-10(2)18-9)16-13-8-11(15)4-5-14(13)17-3/h4-5,8-10,12,16H,6-7H2,1-3H3. The number of anilines is 1. The van der Waals surface area contributed by atoms with Crippen molar-refractivity contribution in [3.05, 3.63) is 23.2 Å². The Morgan fingerprint density at radius 1 is 1.28 bits per heavy atom. The maximum Gasteiger partial charge on any atom is 0.142 e. The van der Waals surface area contributed by atoms with Crippen molar-refractivity contribution >= 4 is 17.3 Å². The number of hydrogen-bond donors (Lipinski definition) is 1. The minimum absolute atomic E-state index is 0.288. The van der Waals surface area contributed by atoms with Crippen LogP contribution in [0, 0.1) is 0 Å². The first-order valence-electron chi connectivity index (χ1n) is 6.34. The van der Waals surface area contributed by atoms with Crippen LogP contribution < -0.4 is 10.1 Å². The first-order valence-corrected chi connectivity index (χ1v) is 6.72. The number of halogens is 1. The van der Waals surface area contributed by atoms with Gasteiger partial charge in [0.1, 0.15) is 5.75 Å². The van der Waals surface area contributed by atoms with Gasteiger partial charge in [0.05, 0.1) is 25.0 Å². The van der Waals surface area contributed by atoms with Crippen molar-refractivity contribution in [2.75, 3.05) is 12.4 Å². The van der Waals surface area contributed by atoms with Crippen molar-refractivity contribution in [2.45, 2.75) is 44.9 Å². The molecule has 1 saturated heterocycles. The lowest BCUT2D eigenvalue weighted by Crippen LogP contribution is -2.36. The first-order chi connectivity index (χ1) is 8.58. The highest BCUT2D eigenvalue weighted by atomic mass is 35.5. The summed E-state index contributed by atoms with van der Waals surface area (Å²) in [6.45, 7) is 4.22. The summed E-state index contributed by atoms with van der Waals surface area (Å²) in [5.41, 5.74) is 0.955. The molecule has 0 aromatic heterocycles. The molecule has 1 N–H and O–H groups in total. The molecule has 2 rings (SSSR count). The van der Waals surface area contributed by atoms with E-state index in [0.29, 0.717) is 11.1 Å². The van der Waals surface area contributed by atoms with Crippen LogP contribution in [0.4, 0.5) is 5.69 Å². The molecule has 1 aromatic carbocycles. The molecule has 1 aliphatic rings. The van der Waals surface area contributed by atoms with Crippen molar-refractivity contribution in [1.29, 1.82) is 0 Å². The molecule has 1 aromatic rings. The van der Waals surface area contributed by atoms with E-state index in [9.17, 15) is 0 Å². The van der Waals surface area contributed by atoms with Gasteiger partial charge in [0, 0.05) is 11.1 Å². The highest BCUT2D eigenvalue weighted by Gasteiger charge is 2.24. The van der Waals surface area contributed by atoms with Crippen LogP contribution in [-0.2, 0) is 4.74 Å². The lowest BCUT2D eigenvalue weighted by molar-refractivity contribution is -0.0338. The summed E-state index contributed by atoms with van der Waals surface area (Å²) < 4.78 is 11.1. The summed E-state index contributed by atoms with van der Waals surface area (Å²) in [4.78, 5) is 0. The number of hydrogen-bond acceptors (Lipinski definition) is 3. The van der Waals surface area contributed by atoms with Gasteiger partial charge in [0.15, 0.2) is 0 Å². The van der Waals surface area contributed by atoms with E-state index in [4.69, 9.17) is 21.1 Å². The second-order valence-corrected chi connectivity index (χ2v) is 5.35. The molecule has 0 aliphatic carbocycles. The Kier molecular flexibility index (Phi) is 4.36. The smallest absolute Gasteiger partial charge is 0.142 e. The Balaban J connectivity index is 2.10. The minimum atomic E-state index is 0.288. The molecule has 0 radical (unpaired) electrons. The Bertz CT molecular complexity index is 401. The van der Waals surface area contributed by atoms with E-state index in [1.807, 2.05) is 18.2 Å². The van der Waals surface area contributed by atoms with E-state index in [2.05, 4.69) is 19.2 Å². The molecule has 0 bridgehead atoms. The molecule has 1 heterocycles. The molecule has 0 spiro atoms. The number of rotatable bonds is 3. The van der Waals surface area contributed by atoms with Gasteiger partial charge in [-0.3, -0.25) is 0 Å². The van der Waals surface area contributed by atoms with Gasteiger partial charge in [0.25, 0.3) is 0 Å². The second-order valence-electron chi connectivity index (χ2n) is 4.91. The zero-order chi connectivity index (χ0) is 13.1. The van der Waals surface area contributed by atoms with Gasteiger partial charge in [-0.15, -0.1) is 0 Å². The summed E-state index contributed by atoms with van der Waals surface area (Å²) in [5, 5.41) is 4.23. The van der Waals surface area contributed by atoms with Crippen molar-refractivity contribution in [2.24, 2.45) is 0 Å². The fourth-order valence-corrected chi connectivity index (χ4v) is 2.71. The molecule has 4 heteroatoms. The fraction of sp³-hybridized carbons (Fsp3) is 0.571. The Labute approximate surface area is 113 Å². The number of benzene rings is 1. The van der Waals surface area contributed by atoms with Crippen molar-refractivity contribution < 1.29 is 9.47 Å². The molecule has 0 saturated carbocycles. The molecular formula is C14H20ClNO2. The highest BCUT2D eigenvalue weighted by molar-refractivity contribution is 6.30. The minimum Gasteiger partial charge on any atom is -0.495 e. The van der Waals surface area contributed by atoms with Gasteiger partial charge < -0.3 is 14.8 Å². The van der Waals surface area contributed by atoms with Gasteiger partial charge in [-0.25, -0.2) is 0 Å². The second kappa shape index (κ2) is 5.81. The molecule has 3 nitrogen and oxygen atoms in total. The molecule has 2 unspecified atom stereocenters. The van der Waals surface area contributed by atoms with Gasteiger partial charge >= 0.3 is 0 Å². The summed E-state index contributed by atoms with van der Waals surface area (Å²) >= 11 is 6.03. The third-order valence-corrected chi connectivity index (χ3v) is 3.45. The zero-order valence-corrected chi connectivity index (χ0v) is 11.8. The van der Waals surface area contributed by atoms with Crippen molar-refractivity contribution in [1.82, 2.24) is 0 Å². The van der Waals surface area contributed by atoms with E-state index < -0.39 is 0 Å². The normalized spacial score (nSPS) is 27.9.